The van der Waals surface area contributed by atoms with Gasteiger partial charge in [0.15, 0.2) is 0 Å². The minimum Gasteiger partial charge on any atom is -0.497 e. The van der Waals surface area contributed by atoms with Gasteiger partial charge in [-0.1, -0.05) is 42.5 Å². The zero-order chi connectivity index (χ0) is 24.6. The summed E-state index contributed by atoms with van der Waals surface area (Å²) in [5, 5.41) is 6.45. The predicted molar refractivity (Wildman–Crippen MR) is 141 cm³/mol. The first-order valence-corrected chi connectivity index (χ1v) is 11.4. The first-order valence-electron chi connectivity index (χ1n) is 11.4. The van der Waals surface area contributed by atoms with Gasteiger partial charge in [0.25, 0.3) is 5.91 Å². The summed E-state index contributed by atoms with van der Waals surface area (Å²) in [5.74, 6) is 1.32. The molecule has 2 N–H and O–H groups in total. The van der Waals surface area contributed by atoms with E-state index in [9.17, 15) is 4.79 Å². The van der Waals surface area contributed by atoms with Gasteiger partial charge in [-0.25, -0.2) is 4.99 Å². The number of ether oxygens (including phenoxy) is 1. The first kappa shape index (κ1) is 23.7. The van der Waals surface area contributed by atoms with Crippen molar-refractivity contribution in [2.45, 2.75) is 19.9 Å². The van der Waals surface area contributed by atoms with Gasteiger partial charge < -0.3 is 15.4 Å². The van der Waals surface area contributed by atoms with Gasteiger partial charge in [0.2, 0.25) is 0 Å². The highest BCUT2D eigenvalue weighted by atomic mass is 16.5. The third-order valence-corrected chi connectivity index (χ3v) is 5.48. The molecule has 1 aliphatic rings. The number of methoxy groups -OCH3 is 1. The zero-order valence-electron chi connectivity index (χ0n) is 20.0. The fourth-order valence-corrected chi connectivity index (χ4v) is 3.66. The van der Waals surface area contributed by atoms with Crippen molar-refractivity contribution in [1.29, 1.82) is 0 Å². The molecule has 0 saturated heterocycles. The molecule has 0 radical (unpaired) electrons. The molecule has 6 nitrogen and oxygen atoms in total. The molecule has 0 aliphatic carbocycles. The van der Waals surface area contributed by atoms with E-state index in [1.54, 1.807) is 19.5 Å². The Hall–Kier alpha value is -4.45. The molecule has 1 aliphatic heterocycles. The van der Waals surface area contributed by atoms with Crippen LogP contribution < -0.4 is 15.4 Å². The molecule has 2 aromatic carbocycles. The van der Waals surface area contributed by atoms with Crippen molar-refractivity contribution < 1.29 is 9.53 Å². The molecule has 1 amide bonds. The van der Waals surface area contributed by atoms with Crippen LogP contribution in [-0.4, -0.2) is 23.7 Å². The summed E-state index contributed by atoms with van der Waals surface area (Å²) in [7, 11) is 1.65. The molecule has 0 unspecified atom stereocenters. The lowest BCUT2D eigenvalue weighted by molar-refractivity contribution is 0.102. The van der Waals surface area contributed by atoms with E-state index < -0.39 is 0 Å². The third kappa shape index (κ3) is 6.32. The van der Waals surface area contributed by atoms with Crippen LogP contribution in [0.2, 0.25) is 0 Å². The highest BCUT2D eigenvalue weighted by Crippen LogP contribution is 2.21. The summed E-state index contributed by atoms with van der Waals surface area (Å²) < 4.78 is 5.37. The highest BCUT2D eigenvalue weighted by Gasteiger charge is 2.12. The largest absolute Gasteiger partial charge is 0.497 e. The average molecular weight is 465 g/mol. The van der Waals surface area contributed by atoms with Gasteiger partial charge in [-0.2, -0.15) is 0 Å². The Morgan fingerprint density at radius 3 is 2.69 bits per heavy atom. The second kappa shape index (κ2) is 11.1. The molecule has 1 atom stereocenters. The van der Waals surface area contributed by atoms with Crippen LogP contribution >= 0.6 is 0 Å². The number of hydrogen-bond donors (Lipinski definition) is 2. The molecule has 2 heterocycles. The van der Waals surface area contributed by atoms with E-state index in [1.165, 1.54) is 0 Å². The van der Waals surface area contributed by atoms with Crippen molar-refractivity contribution in [2.24, 2.45) is 4.99 Å². The van der Waals surface area contributed by atoms with Crippen LogP contribution in [0.5, 0.6) is 5.75 Å². The number of carbonyl (C=O) groups excluding carboxylic acids is 1. The lowest BCUT2D eigenvalue weighted by Gasteiger charge is -2.18. The topological polar surface area (TPSA) is 75.6 Å². The number of aryl methyl sites for hydroxylation is 1. The summed E-state index contributed by atoms with van der Waals surface area (Å²) in [4.78, 5) is 21.6. The van der Waals surface area contributed by atoms with E-state index >= 15 is 0 Å². The number of hydrogen-bond acceptors (Lipinski definition) is 5. The fourth-order valence-electron chi connectivity index (χ4n) is 3.66. The predicted octanol–water partition coefficient (Wildman–Crippen LogP) is 5.76. The number of carbonyl (C=O) groups is 1. The van der Waals surface area contributed by atoms with Crippen LogP contribution in [0, 0.1) is 6.92 Å². The molecule has 35 heavy (non-hydrogen) atoms. The average Bonchev–Trinajstić information content (AvgIpc) is 2.85. The SMILES string of the molecule is COc1cccc(C2=N/C(N[C@@H](C)c3cccc(NC(=O)c4cncc(C)c4)c3)=C\C=C\C=C\2)c1. The lowest BCUT2D eigenvalue weighted by Crippen LogP contribution is -2.19. The quantitative estimate of drug-likeness (QED) is 0.466. The van der Waals surface area contributed by atoms with Crippen LogP contribution in [0.3, 0.4) is 0 Å². The molecular weight excluding hydrogens is 436 g/mol. The molecule has 1 aromatic heterocycles. The molecule has 4 rings (SSSR count). The number of nitrogens with zero attached hydrogens (tertiary/aromatic N) is 2. The zero-order valence-corrected chi connectivity index (χ0v) is 20.0. The van der Waals surface area contributed by atoms with Crippen molar-refractivity contribution in [3.8, 4) is 5.75 Å². The van der Waals surface area contributed by atoms with E-state index in [1.807, 2.05) is 91.9 Å². The Kier molecular flexibility index (Phi) is 7.53. The Morgan fingerprint density at radius 2 is 1.86 bits per heavy atom. The van der Waals surface area contributed by atoms with Crippen molar-refractivity contribution in [1.82, 2.24) is 10.3 Å². The second-order valence-corrected chi connectivity index (χ2v) is 8.22. The van der Waals surface area contributed by atoms with E-state index in [0.717, 1.165) is 39.7 Å². The van der Waals surface area contributed by atoms with E-state index in [0.29, 0.717) is 5.56 Å². The van der Waals surface area contributed by atoms with Gasteiger partial charge in [-0.3, -0.25) is 9.78 Å². The Bertz CT molecular complexity index is 1340. The maximum absolute atomic E-state index is 12.6. The van der Waals surface area contributed by atoms with Crippen LogP contribution in [0.15, 0.2) is 108 Å². The van der Waals surface area contributed by atoms with Gasteiger partial charge in [-0.15, -0.1) is 0 Å². The summed E-state index contributed by atoms with van der Waals surface area (Å²) in [6, 6.07) is 17.4. The monoisotopic (exact) mass is 464 g/mol. The Morgan fingerprint density at radius 1 is 1.00 bits per heavy atom. The molecule has 0 spiro atoms. The van der Waals surface area contributed by atoms with Crippen LogP contribution in [0.25, 0.3) is 0 Å². The number of aliphatic imine (C=N–C) groups is 1. The van der Waals surface area contributed by atoms with Gasteiger partial charge in [-0.05, 0) is 67.5 Å². The van der Waals surface area contributed by atoms with Crippen LogP contribution in [0.4, 0.5) is 5.69 Å². The number of rotatable bonds is 7. The van der Waals surface area contributed by atoms with Crippen LogP contribution in [-0.2, 0) is 0 Å². The number of nitrogens with one attached hydrogen (secondary N) is 2. The molecule has 176 valence electrons. The molecule has 3 aromatic rings. The Balaban J connectivity index is 1.51. The highest BCUT2D eigenvalue weighted by molar-refractivity contribution is 6.09. The normalized spacial score (nSPS) is 18.5. The summed E-state index contributed by atoms with van der Waals surface area (Å²) in [5.41, 5.74) is 5.00. The standard InChI is InChI=1S/C29H28N4O2/c1-20-15-24(19-30-18-20)29(34)32-25-11-7-9-22(16-25)21(2)31-28-14-6-4-5-13-27(33-28)23-10-8-12-26(17-23)35-3/h4-19,21H,1-3H3,(H,31,33)(H,32,34)/t21-/m0/s1. The maximum atomic E-state index is 12.6. The van der Waals surface area contributed by atoms with Gasteiger partial charge in [0.05, 0.1) is 24.4 Å². The van der Waals surface area contributed by atoms with Crippen LogP contribution in [0.1, 0.15) is 40.0 Å². The van der Waals surface area contributed by atoms with Crippen molar-refractivity contribution >= 4 is 17.3 Å². The molecular formula is C29H28N4O2. The first-order chi connectivity index (χ1) is 17.0. The number of amides is 1. The smallest absolute Gasteiger partial charge is 0.257 e. The molecule has 6 heteroatoms. The van der Waals surface area contributed by atoms with Crippen molar-refractivity contribution in [3.05, 3.63) is 125 Å². The van der Waals surface area contributed by atoms with Gasteiger partial charge in [0, 0.05) is 23.6 Å². The third-order valence-electron chi connectivity index (χ3n) is 5.48. The number of pyridine rings is 1. The van der Waals surface area contributed by atoms with Gasteiger partial charge >= 0.3 is 0 Å². The van der Waals surface area contributed by atoms with E-state index in [-0.39, 0.29) is 11.9 Å². The minimum atomic E-state index is -0.189. The van der Waals surface area contributed by atoms with E-state index in [2.05, 4.69) is 22.5 Å². The number of anilines is 1. The maximum Gasteiger partial charge on any atom is 0.257 e. The van der Waals surface area contributed by atoms with Crippen molar-refractivity contribution in [3.63, 3.8) is 0 Å². The summed E-state index contributed by atoms with van der Waals surface area (Å²) in [6.07, 6.45) is 13.1. The number of aromatic nitrogens is 1. The molecule has 0 fully saturated rings. The number of allylic oxidation sites excluding steroid dienone is 5. The summed E-state index contributed by atoms with van der Waals surface area (Å²) >= 11 is 0. The fraction of sp³-hybridized carbons (Fsp3) is 0.138. The summed E-state index contributed by atoms with van der Waals surface area (Å²) in [6.45, 7) is 3.97. The minimum absolute atomic E-state index is 0.0501. The number of benzene rings is 2. The van der Waals surface area contributed by atoms with Crippen molar-refractivity contribution in [2.75, 3.05) is 12.4 Å². The van der Waals surface area contributed by atoms with Gasteiger partial charge in [0.1, 0.15) is 11.6 Å². The lowest BCUT2D eigenvalue weighted by atomic mass is 10.1. The molecule has 0 saturated carbocycles. The molecule has 0 bridgehead atoms. The second-order valence-electron chi connectivity index (χ2n) is 8.22. The Labute approximate surface area is 205 Å². The van der Waals surface area contributed by atoms with E-state index in [4.69, 9.17) is 9.73 Å².